The van der Waals surface area contributed by atoms with E-state index in [1.54, 1.807) is 36.4 Å². The molecule has 33 heavy (non-hydrogen) atoms. The zero-order valence-corrected chi connectivity index (χ0v) is 18.7. The van der Waals surface area contributed by atoms with E-state index < -0.39 is 0 Å². The van der Waals surface area contributed by atoms with Crippen LogP contribution in [0.15, 0.2) is 77.5 Å². The van der Waals surface area contributed by atoms with E-state index in [1.165, 1.54) is 12.1 Å². The van der Waals surface area contributed by atoms with Crippen molar-refractivity contribution in [3.05, 3.63) is 90.3 Å². The highest BCUT2D eigenvalue weighted by Gasteiger charge is 2.22. The van der Waals surface area contributed by atoms with Crippen molar-refractivity contribution in [2.75, 3.05) is 27.7 Å². The molecule has 0 spiro atoms. The Morgan fingerprint density at radius 3 is 2.64 bits per heavy atom. The van der Waals surface area contributed by atoms with Gasteiger partial charge in [0, 0.05) is 18.3 Å². The number of hydrogen-bond acceptors (Lipinski definition) is 5. The first-order valence-corrected chi connectivity index (χ1v) is 10.4. The van der Waals surface area contributed by atoms with Gasteiger partial charge in [-0.25, -0.2) is 9.07 Å². The number of carbonyl (C=O) groups excluding carboxylic acids is 1. The van der Waals surface area contributed by atoms with E-state index >= 15 is 0 Å². The van der Waals surface area contributed by atoms with Crippen LogP contribution in [0.25, 0.3) is 16.9 Å². The van der Waals surface area contributed by atoms with Crippen molar-refractivity contribution < 1.29 is 18.3 Å². The van der Waals surface area contributed by atoms with Crippen molar-refractivity contribution >= 4 is 5.91 Å². The van der Waals surface area contributed by atoms with Gasteiger partial charge >= 0.3 is 0 Å². The van der Waals surface area contributed by atoms with E-state index in [4.69, 9.17) is 9.15 Å². The van der Waals surface area contributed by atoms with Crippen LogP contribution >= 0.6 is 0 Å². The molecule has 1 atom stereocenters. The fourth-order valence-corrected chi connectivity index (χ4v) is 3.55. The van der Waals surface area contributed by atoms with Gasteiger partial charge in [0.15, 0.2) is 0 Å². The number of amides is 1. The van der Waals surface area contributed by atoms with Gasteiger partial charge in [0.1, 0.15) is 23.0 Å². The number of nitrogens with one attached hydrogen (secondary N) is 1. The number of furan rings is 1. The molecule has 0 radical (unpaired) electrons. The molecule has 170 valence electrons. The molecule has 7 nitrogen and oxygen atoms in total. The van der Waals surface area contributed by atoms with E-state index in [2.05, 4.69) is 10.4 Å². The standard InChI is InChI=1S/C25H25FN4O3/c1-29(2)22(23-8-5-13-33-23)15-27-25(31)21-16-30(19-11-9-18(26)10-12-19)28-24(21)17-6-4-7-20(14-17)32-3/h4-14,16,22H,15H2,1-3H3,(H,27,31)/t22-/m0/s1. The molecule has 0 aliphatic rings. The minimum atomic E-state index is -0.343. The first kappa shape index (κ1) is 22.3. The Kier molecular flexibility index (Phi) is 6.55. The summed E-state index contributed by atoms with van der Waals surface area (Å²) in [5.74, 6) is 0.792. The normalized spacial score (nSPS) is 12.0. The Hall–Kier alpha value is -3.91. The number of hydrogen-bond donors (Lipinski definition) is 1. The Labute approximate surface area is 191 Å². The largest absolute Gasteiger partial charge is 0.497 e. The predicted molar refractivity (Wildman–Crippen MR) is 123 cm³/mol. The molecule has 2 aromatic heterocycles. The molecule has 4 aromatic rings. The second-order valence-electron chi connectivity index (χ2n) is 7.75. The van der Waals surface area contributed by atoms with Crippen LogP contribution in [0.2, 0.25) is 0 Å². The lowest BCUT2D eigenvalue weighted by molar-refractivity contribution is 0.0939. The van der Waals surface area contributed by atoms with Gasteiger partial charge in [-0.1, -0.05) is 12.1 Å². The van der Waals surface area contributed by atoms with Gasteiger partial charge in [0.05, 0.1) is 30.7 Å². The van der Waals surface area contributed by atoms with Crippen molar-refractivity contribution in [3.63, 3.8) is 0 Å². The molecule has 1 amide bonds. The third-order valence-electron chi connectivity index (χ3n) is 5.34. The van der Waals surface area contributed by atoms with Crippen molar-refractivity contribution in [2.24, 2.45) is 0 Å². The molecule has 1 N–H and O–H groups in total. The number of benzene rings is 2. The fourth-order valence-electron chi connectivity index (χ4n) is 3.55. The average Bonchev–Trinajstić information content (AvgIpc) is 3.50. The maximum atomic E-state index is 13.4. The van der Waals surface area contributed by atoms with Crippen LogP contribution in [0.1, 0.15) is 22.2 Å². The smallest absolute Gasteiger partial charge is 0.255 e. The lowest BCUT2D eigenvalue weighted by Crippen LogP contribution is -2.34. The fraction of sp³-hybridized carbons (Fsp3) is 0.200. The molecule has 0 aliphatic carbocycles. The maximum absolute atomic E-state index is 13.4. The van der Waals surface area contributed by atoms with Gasteiger partial charge in [0.2, 0.25) is 0 Å². The second kappa shape index (κ2) is 9.70. The third-order valence-corrected chi connectivity index (χ3v) is 5.34. The number of carbonyl (C=O) groups is 1. The minimum absolute atomic E-state index is 0.128. The summed E-state index contributed by atoms with van der Waals surface area (Å²) in [6.07, 6.45) is 3.26. The van der Waals surface area contributed by atoms with Crippen molar-refractivity contribution in [2.45, 2.75) is 6.04 Å². The van der Waals surface area contributed by atoms with Crippen molar-refractivity contribution in [1.29, 1.82) is 0 Å². The highest BCUT2D eigenvalue weighted by Crippen LogP contribution is 2.27. The average molecular weight is 448 g/mol. The summed E-state index contributed by atoms with van der Waals surface area (Å²) >= 11 is 0. The van der Waals surface area contributed by atoms with Gasteiger partial charge in [-0.15, -0.1) is 0 Å². The van der Waals surface area contributed by atoms with Gasteiger partial charge in [0.25, 0.3) is 5.91 Å². The summed E-state index contributed by atoms with van der Waals surface area (Å²) in [5.41, 5.74) is 2.26. The Morgan fingerprint density at radius 1 is 1.18 bits per heavy atom. The molecule has 0 saturated heterocycles. The molecule has 4 rings (SSSR count). The molecule has 8 heteroatoms. The summed E-state index contributed by atoms with van der Waals surface area (Å²) in [7, 11) is 5.43. The van der Waals surface area contributed by atoms with Crippen LogP contribution in [-0.2, 0) is 0 Å². The molecule has 0 unspecified atom stereocenters. The summed E-state index contributed by atoms with van der Waals surface area (Å²) in [5, 5.41) is 7.63. The molecule has 0 fully saturated rings. The quantitative estimate of drug-likeness (QED) is 0.435. The van der Waals surface area contributed by atoms with E-state index in [-0.39, 0.29) is 17.8 Å². The van der Waals surface area contributed by atoms with E-state index in [0.717, 1.165) is 11.3 Å². The van der Waals surface area contributed by atoms with Gasteiger partial charge in [-0.2, -0.15) is 5.10 Å². The zero-order valence-electron chi connectivity index (χ0n) is 18.7. The SMILES string of the molecule is COc1cccc(-c2nn(-c3ccc(F)cc3)cc2C(=O)NC[C@@H](c2ccco2)N(C)C)c1. The summed E-state index contributed by atoms with van der Waals surface area (Å²) in [4.78, 5) is 15.3. The first-order chi connectivity index (χ1) is 16.0. The number of likely N-dealkylation sites (N-methyl/N-ethyl adjacent to an activating group) is 1. The Balaban J connectivity index is 1.67. The maximum Gasteiger partial charge on any atom is 0.255 e. The van der Waals surface area contributed by atoms with Crippen LogP contribution in [0.5, 0.6) is 5.75 Å². The molecule has 2 aromatic carbocycles. The molecular formula is C25H25FN4O3. The number of aromatic nitrogens is 2. The number of nitrogens with zero attached hydrogens (tertiary/aromatic N) is 3. The van der Waals surface area contributed by atoms with Crippen LogP contribution in [0.4, 0.5) is 4.39 Å². The van der Waals surface area contributed by atoms with Gasteiger partial charge in [-0.05, 0) is 62.6 Å². The molecule has 2 heterocycles. The van der Waals surface area contributed by atoms with Crippen molar-refractivity contribution in [3.8, 4) is 22.7 Å². The monoisotopic (exact) mass is 448 g/mol. The van der Waals surface area contributed by atoms with Crippen LogP contribution < -0.4 is 10.1 Å². The highest BCUT2D eigenvalue weighted by atomic mass is 19.1. The molecular weight excluding hydrogens is 423 g/mol. The summed E-state index contributed by atoms with van der Waals surface area (Å²) in [6, 6.07) is 16.8. The van der Waals surface area contributed by atoms with Crippen LogP contribution in [0.3, 0.4) is 0 Å². The lowest BCUT2D eigenvalue weighted by Gasteiger charge is -2.22. The molecule has 0 aliphatic heterocycles. The summed E-state index contributed by atoms with van der Waals surface area (Å²) in [6.45, 7) is 0.346. The molecule has 0 bridgehead atoms. The third kappa shape index (κ3) is 4.96. The number of methoxy groups -OCH3 is 1. The van der Waals surface area contributed by atoms with E-state index in [9.17, 15) is 9.18 Å². The molecule has 0 saturated carbocycles. The van der Waals surface area contributed by atoms with Crippen LogP contribution in [-0.4, -0.2) is 48.3 Å². The number of halogens is 1. The van der Waals surface area contributed by atoms with Crippen LogP contribution in [0, 0.1) is 5.82 Å². The topological polar surface area (TPSA) is 72.5 Å². The predicted octanol–water partition coefficient (Wildman–Crippen LogP) is 4.31. The highest BCUT2D eigenvalue weighted by molar-refractivity contribution is 6.00. The van der Waals surface area contributed by atoms with Gasteiger partial charge < -0.3 is 14.5 Å². The number of rotatable bonds is 8. The Bertz CT molecular complexity index is 1220. The van der Waals surface area contributed by atoms with E-state index in [1.807, 2.05) is 55.4 Å². The lowest BCUT2D eigenvalue weighted by atomic mass is 10.1. The zero-order chi connectivity index (χ0) is 23.4. The summed E-state index contributed by atoms with van der Waals surface area (Å²) < 4.78 is 25.8. The van der Waals surface area contributed by atoms with Crippen molar-refractivity contribution in [1.82, 2.24) is 20.0 Å². The van der Waals surface area contributed by atoms with Gasteiger partial charge in [-0.3, -0.25) is 9.69 Å². The Morgan fingerprint density at radius 2 is 1.97 bits per heavy atom. The second-order valence-corrected chi connectivity index (χ2v) is 7.75. The first-order valence-electron chi connectivity index (χ1n) is 10.4. The minimum Gasteiger partial charge on any atom is -0.497 e. The van der Waals surface area contributed by atoms with E-state index in [0.29, 0.717) is 29.2 Å². The number of ether oxygens (including phenoxy) is 1.